The van der Waals surface area contributed by atoms with Crippen LogP contribution in [0.2, 0.25) is 0 Å². The Morgan fingerprint density at radius 3 is 2.77 bits per heavy atom. The first-order valence-electron chi connectivity index (χ1n) is 10.1. The summed E-state index contributed by atoms with van der Waals surface area (Å²) >= 11 is 0. The first-order chi connectivity index (χ1) is 15.2. The maximum Gasteiger partial charge on any atom is 0.278 e. The summed E-state index contributed by atoms with van der Waals surface area (Å²) in [5, 5.41) is 8.78. The van der Waals surface area contributed by atoms with Crippen LogP contribution in [0.1, 0.15) is 24.3 Å². The Bertz CT molecular complexity index is 1180. The summed E-state index contributed by atoms with van der Waals surface area (Å²) in [5.74, 6) is 2.36. The van der Waals surface area contributed by atoms with Gasteiger partial charge in [-0.3, -0.25) is 4.68 Å². The van der Waals surface area contributed by atoms with Gasteiger partial charge in [-0.15, -0.1) is 0 Å². The molecule has 0 N–H and O–H groups in total. The summed E-state index contributed by atoms with van der Waals surface area (Å²) in [4.78, 5) is 4.52. The predicted molar refractivity (Wildman–Crippen MR) is 113 cm³/mol. The van der Waals surface area contributed by atoms with Gasteiger partial charge in [0, 0.05) is 0 Å². The molecule has 2 aromatic heterocycles. The fourth-order valence-corrected chi connectivity index (χ4v) is 3.64. The number of fused-ring (bicyclic) bond motifs is 1. The summed E-state index contributed by atoms with van der Waals surface area (Å²) in [5.41, 5.74) is 3.44. The monoisotopic (exact) mass is 418 g/mol. The molecular formula is C23H22N4O4. The van der Waals surface area contributed by atoms with Crippen molar-refractivity contribution in [2.75, 3.05) is 13.7 Å². The highest BCUT2D eigenvalue weighted by atomic mass is 16.5. The molecular weight excluding hydrogens is 396 g/mol. The van der Waals surface area contributed by atoms with Crippen LogP contribution in [0.25, 0.3) is 23.0 Å². The first-order valence-corrected chi connectivity index (χ1v) is 10.1. The molecule has 2 aromatic carbocycles. The molecule has 0 saturated carbocycles. The van der Waals surface area contributed by atoms with Gasteiger partial charge in [0.05, 0.1) is 38.1 Å². The van der Waals surface area contributed by atoms with Crippen molar-refractivity contribution in [3.05, 3.63) is 65.9 Å². The Kier molecular flexibility index (Phi) is 5.13. The lowest BCUT2D eigenvalue weighted by Gasteiger charge is -2.24. The van der Waals surface area contributed by atoms with Gasteiger partial charge in [-0.25, -0.2) is 0 Å². The molecule has 0 amide bonds. The summed E-state index contributed by atoms with van der Waals surface area (Å²) in [7, 11) is 1.62. The molecule has 0 aliphatic carbocycles. The number of aromatic nitrogens is 4. The van der Waals surface area contributed by atoms with Crippen molar-refractivity contribution in [3.8, 4) is 34.5 Å². The number of methoxy groups -OCH3 is 1. The number of hydrogen-bond donors (Lipinski definition) is 0. The van der Waals surface area contributed by atoms with Gasteiger partial charge in [0.25, 0.3) is 5.89 Å². The van der Waals surface area contributed by atoms with Gasteiger partial charge in [0.1, 0.15) is 17.6 Å². The molecule has 8 nitrogen and oxygen atoms in total. The Hall–Kier alpha value is -3.65. The minimum atomic E-state index is -0.0808. The number of hydrogen-bond acceptors (Lipinski definition) is 7. The van der Waals surface area contributed by atoms with E-state index in [-0.39, 0.29) is 6.10 Å². The van der Waals surface area contributed by atoms with Crippen molar-refractivity contribution in [2.45, 2.75) is 26.2 Å². The summed E-state index contributed by atoms with van der Waals surface area (Å²) in [6.45, 7) is 3.68. The van der Waals surface area contributed by atoms with Gasteiger partial charge < -0.3 is 18.7 Å². The Morgan fingerprint density at radius 2 is 1.97 bits per heavy atom. The Balaban J connectivity index is 1.36. The molecule has 3 heterocycles. The van der Waals surface area contributed by atoms with Crippen molar-refractivity contribution in [3.63, 3.8) is 0 Å². The minimum absolute atomic E-state index is 0.0808. The highest BCUT2D eigenvalue weighted by Crippen LogP contribution is 2.32. The lowest BCUT2D eigenvalue weighted by molar-refractivity contribution is -0.00115. The number of benzene rings is 2. The van der Waals surface area contributed by atoms with E-state index in [1.54, 1.807) is 7.11 Å². The lowest BCUT2D eigenvalue weighted by Crippen LogP contribution is -2.21. The van der Waals surface area contributed by atoms with Gasteiger partial charge in [-0.05, 0) is 42.8 Å². The fraction of sp³-hybridized carbons (Fsp3) is 0.261. The Morgan fingerprint density at radius 1 is 1.13 bits per heavy atom. The molecule has 0 fully saturated rings. The molecule has 1 aliphatic heterocycles. The van der Waals surface area contributed by atoms with E-state index >= 15 is 0 Å². The summed E-state index contributed by atoms with van der Waals surface area (Å²) in [6.07, 6.45) is -0.0808. The largest absolute Gasteiger partial charge is 0.496 e. The molecule has 0 bridgehead atoms. The van der Waals surface area contributed by atoms with E-state index in [0.717, 1.165) is 22.6 Å². The highest BCUT2D eigenvalue weighted by molar-refractivity contribution is 5.65. The molecule has 158 valence electrons. The van der Waals surface area contributed by atoms with Crippen LogP contribution < -0.4 is 9.47 Å². The third kappa shape index (κ3) is 3.77. The molecule has 5 rings (SSSR count). The van der Waals surface area contributed by atoms with E-state index in [1.807, 2.05) is 66.2 Å². The predicted octanol–water partition coefficient (Wildman–Crippen LogP) is 4.28. The number of para-hydroxylation sites is 1. The molecule has 0 unspecified atom stereocenters. The molecule has 4 aromatic rings. The smallest absolute Gasteiger partial charge is 0.278 e. The number of nitrogens with zero attached hydrogens (tertiary/aromatic N) is 4. The van der Waals surface area contributed by atoms with Gasteiger partial charge in [0.15, 0.2) is 5.69 Å². The molecule has 0 spiro atoms. The second-order valence-corrected chi connectivity index (χ2v) is 7.13. The quantitative estimate of drug-likeness (QED) is 0.462. The Labute approximate surface area is 179 Å². The van der Waals surface area contributed by atoms with Gasteiger partial charge in [-0.1, -0.05) is 29.4 Å². The van der Waals surface area contributed by atoms with Crippen molar-refractivity contribution in [1.29, 1.82) is 0 Å². The van der Waals surface area contributed by atoms with Crippen LogP contribution in [0.5, 0.6) is 11.5 Å². The van der Waals surface area contributed by atoms with E-state index in [4.69, 9.17) is 18.7 Å². The van der Waals surface area contributed by atoms with Gasteiger partial charge in [-0.2, -0.15) is 10.1 Å². The second-order valence-electron chi connectivity index (χ2n) is 7.13. The van der Waals surface area contributed by atoms with Crippen molar-refractivity contribution >= 4 is 0 Å². The maximum atomic E-state index is 6.06. The van der Waals surface area contributed by atoms with Crippen LogP contribution in [0.15, 0.2) is 59.1 Å². The van der Waals surface area contributed by atoms with Crippen LogP contribution in [-0.4, -0.2) is 33.6 Å². The third-order valence-electron chi connectivity index (χ3n) is 5.19. The minimum Gasteiger partial charge on any atom is -0.496 e. The second kappa shape index (κ2) is 8.23. The van der Waals surface area contributed by atoms with Crippen LogP contribution in [0, 0.1) is 0 Å². The first kappa shape index (κ1) is 19.3. The van der Waals surface area contributed by atoms with E-state index < -0.39 is 0 Å². The average Bonchev–Trinajstić information content (AvgIpc) is 3.46. The van der Waals surface area contributed by atoms with E-state index in [1.165, 1.54) is 0 Å². The molecule has 8 heteroatoms. The summed E-state index contributed by atoms with van der Waals surface area (Å²) < 4.78 is 24.4. The maximum absolute atomic E-state index is 6.06. The van der Waals surface area contributed by atoms with E-state index in [0.29, 0.717) is 42.9 Å². The van der Waals surface area contributed by atoms with Crippen LogP contribution in [0.4, 0.5) is 0 Å². The lowest BCUT2D eigenvalue weighted by atomic mass is 10.1. The van der Waals surface area contributed by atoms with Crippen molar-refractivity contribution in [1.82, 2.24) is 19.9 Å². The summed E-state index contributed by atoms with van der Waals surface area (Å²) in [6, 6.07) is 17.5. The van der Waals surface area contributed by atoms with Gasteiger partial charge >= 0.3 is 0 Å². The molecule has 0 radical (unpaired) electrons. The topological polar surface area (TPSA) is 84.4 Å². The zero-order valence-corrected chi connectivity index (χ0v) is 17.3. The molecule has 0 saturated heterocycles. The van der Waals surface area contributed by atoms with Crippen molar-refractivity contribution in [2.24, 2.45) is 0 Å². The van der Waals surface area contributed by atoms with E-state index in [9.17, 15) is 0 Å². The molecule has 1 aliphatic rings. The van der Waals surface area contributed by atoms with Crippen LogP contribution in [-0.2, 0) is 17.9 Å². The highest BCUT2D eigenvalue weighted by Gasteiger charge is 2.24. The SMILES string of the molecule is CCOc1ccc([C@@H]2Cn3nc(-c4nc(-c5ccccc5OC)no4)cc3CO2)cc1. The van der Waals surface area contributed by atoms with E-state index in [2.05, 4.69) is 15.2 Å². The van der Waals surface area contributed by atoms with Crippen LogP contribution >= 0.6 is 0 Å². The molecule has 31 heavy (non-hydrogen) atoms. The zero-order chi connectivity index (χ0) is 21.2. The third-order valence-corrected chi connectivity index (χ3v) is 5.19. The van der Waals surface area contributed by atoms with Crippen molar-refractivity contribution < 1.29 is 18.7 Å². The fourth-order valence-electron chi connectivity index (χ4n) is 3.64. The number of rotatable bonds is 6. The average molecular weight is 418 g/mol. The number of ether oxygens (including phenoxy) is 3. The van der Waals surface area contributed by atoms with Gasteiger partial charge in [0.2, 0.25) is 5.82 Å². The normalized spacial score (nSPS) is 15.5. The molecule has 1 atom stereocenters. The standard InChI is InChI=1S/C23H22N4O4/c1-3-29-17-10-8-15(9-11-17)21-13-27-16(14-30-21)12-19(25-27)23-24-22(26-31-23)18-6-4-5-7-20(18)28-2/h4-12,21H,3,13-14H2,1-2H3/t21-/m0/s1. The zero-order valence-electron chi connectivity index (χ0n) is 17.3. The van der Waals surface area contributed by atoms with Crippen LogP contribution in [0.3, 0.4) is 0 Å².